The molecule has 3 N–H and O–H groups in total. The van der Waals surface area contributed by atoms with Crippen molar-refractivity contribution < 1.29 is 5.11 Å². The van der Waals surface area contributed by atoms with Crippen molar-refractivity contribution in [2.24, 2.45) is 0 Å². The number of nitrogens with zero attached hydrogens (tertiary/aromatic N) is 1. The Morgan fingerprint density at radius 3 is 2.86 bits per heavy atom. The lowest BCUT2D eigenvalue weighted by atomic mass is 10.2. The second-order valence-corrected chi connectivity index (χ2v) is 4.03. The van der Waals surface area contributed by atoms with Gasteiger partial charge in [0.15, 0.2) is 0 Å². The van der Waals surface area contributed by atoms with E-state index >= 15 is 0 Å². The van der Waals surface area contributed by atoms with Crippen LogP contribution >= 0.6 is 11.6 Å². The molecular formula is C10H13ClN2O. The van der Waals surface area contributed by atoms with Gasteiger partial charge in [0.25, 0.3) is 0 Å². The molecule has 1 fully saturated rings. The summed E-state index contributed by atoms with van der Waals surface area (Å²) in [5, 5.41) is 10.0. The Morgan fingerprint density at radius 1 is 1.50 bits per heavy atom. The Kier molecular flexibility index (Phi) is 2.52. The van der Waals surface area contributed by atoms with Crippen molar-refractivity contribution in [3.05, 3.63) is 23.2 Å². The molecule has 0 unspecified atom stereocenters. The molecule has 4 heteroatoms. The summed E-state index contributed by atoms with van der Waals surface area (Å²) in [6.07, 6.45) is 0.576. The van der Waals surface area contributed by atoms with Gasteiger partial charge in [-0.15, -0.1) is 0 Å². The van der Waals surface area contributed by atoms with Gasteiger partial charge < -0.3 is 15.7 Å². The molecule has 1 atom stereocenters. The topological polar surface area (TPSA) is 49.5 Å². The molecule has 1 aromatic rings. The summed E-state index contributed by atoms with van der Waals surface area (Å²) in [6, 6.07) is 5.45. The van der Waals surface area contributed by atoms with Crippen LogP contribution in [0, 0.1) is 0 Å². The summed E-state index contributed by atoms with van der Waals surface area (Å²) in [4.78, 5) is 2.08. The van der Waals surface area contributed by atoms with Crippen molar-refractivity contribution in [3.63, 3.8) is 0 Å². The van der Waals surface area contributed by atoms with Crippen LogP contribution in [0.3, 0.4) is 0 Å². The van der Waals surface area contributed by atoms with E-state index < -0.39 is 0 Å². The SMILES string of the molecule is Nc1cc(Cl)ccc1N1CC[C@H](O)C1. The van der Waals surface area contributed by atoms with Gasteiger partial charge in [-0.25, -0.2) is 0 Å². The average Bonchev–Trinajstić information content (AvgIpc) is 2.51. The Bertz CT molecular complexity index is 343. The van der Waals surface area contributed by atoms with E-state index in [4.69, 9.17) is 17.3 Å². The van der Waals surface area contributed by atoms with Crippen LogP contribution in [-0.4, -0.2) is 24.3 Å². The highest BCUT2D eigenvalue weighted by molar-refractivity contribution is 6.31. The van der Waals surface area contributed by atoms with Gasteiger partial charge in [0.05, 0.1) is 17.5 Å². The van der Waals surface area contributed by atoms with Gasteiger partial charge in [0, 0.05) is 18.1 Å². The smallest absolute Gasteiger partial charge is 0.0731 e. The summed E-state index contributed by atoms with van der Waals surface area (Å²) in [6.45, 7) is 1.51. The molecule has 0 saturated carbocycles. The Morgan fingerprint density at radius 2 is 2.29 bits per heavy atom. The number of aliphatic hydroxyl groups excluding tert-OH is 1. The van der Waals surface area contributed by atoms with Crippen molar-refractivity contribution in [2.75, 3.05) is 23.7 Å². The van der Waals surface area contributed by atoms with Crippen molar-refractivity contribution in [2.45, 2.75) is 12.5 Å². The highest BCUT2D eigenvalue weighted by Crippen LogP contribution is 2.28. The number of anilines is 2. The fourth-order valence-electron chi connectivity index (χ4n) is 1.77. The van der Waals surface area contributed by atoms with Crippen LogP contribution in [0.2, 0.25) is 5.02 Å². The molecular weight excluding hydrogens is 200 g/mol. The monoisotopic (exact) mass is 212 g/mol. The maximum atomic E-state index is 9.40. The molecule has 0 aliphatic carbocycles. The van der Waals surface area contributed by atoms with Crippen LogP contribution in [0.15, 0.2) is 18.2 Å². The maximum absolute atomic E-state index is 9.40. The molecule has 1 aliphatic rings. The van der Waals surface area contributed by atoms with E-state index in [1.54, 1.807) is 6.07 Å². The second-order valence-electron chi connectivity index (χ2n) is 3.59. The summed E-state index contributed by atoms with van der Waals surface area (Å²) in [5.41, 5.74) is 7.48. The van der Waals surface area contributed by atoms with Crippen LogP contribution in [-0.2, 0) is 0 Å². The van der Waals surface area contributed by atoms with E-state index in [0.717, 1.165) is 18.7 Å². The third kappa shape index (κ3) is 1.79. The van der Waals surface area contributed by atoms with E-state index in [1.165, 1.54) is 0 Å². The first kappa shape index (κ1) is 9.62. The zero-order valence-corrected chi connectivity index (χ0v) is 8.54. The molecule has 3 nitrogen and oxygen atoms in total. The van der Waals surface area contributed by atoms with Crippen molar-refractivity contribution in [1.82, 2.24) is 0 Å². The van der Waals surface area contributed by atoms with Gasteiger partial charge in [-0.3, -0.25) is 0 Å². The number of hydrogen-bond acceptors (Lipinski definition) is 3. The molecule has 0 bridgehead atoms. The normalized spacial score (nSPS) is 21.6. The highest BCUT2D eigenvalue weighted by Gasteiger charge is 2.21. The number of nitrogens with two attached hydrogens (primary N) is 1. The van der Waals surface area contributed by atoms with Gasteiger partial charge in [-0.2, -0.15) is 0 Å². The first-order valence-electron chi connectivity index (χ1n) is 4.65. The number of hydrogen-bond donors (Lipinski definition) is 2. The van der Waals surface area contributed by atoms with E-state index in [2.05, 4.69) is 4.90 Å². The maximum Gasteiger partial charge on any atom is 0.0731 e. The van der Waals surface area contributed by atoms with Crippen LogP contribution in [0.4, 0.5) is 11.4 Å². The number of halogens is 1. The van der Waals surface area contributed by atoms with E-state index in [1.807, 2.05) is 12.1 Å². The van der Waals surface area contributed by atoms with Crippen molar-refractivity contribution in [3.8, 4) is 0 Å². The minimum atomic E-state index is -0.231. The van der Waals surface area contributed by atoms with Crippen LogP contribution in [0.25, 0.3) is 0 Å². The molecule has 2 rings (SSSR count). The van der Waals surface area contributed by atoms with Crippen molar-refractivity contribution in [1.29, 1.82) is 0 Å². The minimum absolute atomic E-state index is 0.231. The van der Waals surface area contributed by atoms with Gasteiger partial charge in [-0.1, -0.05) is 11.6 Å². The largest absolute Gasteiger partial charge is 0.397 e. The number of nitrogen functional groups attached to an aromatic ring is 1. The van der Waals surface area contributed by atoms with E-state index in [9.17, 15) is 5.11 Å². The van der Waals surface area contributed by atoms with Gasteiger partial charge in [0.2, 0.25) is 0 Å². The predicted molar refractivity (Wildman–Crippen MR) is 58.7 cm³/mol. The van der Waals surface area contributed by atoms with E-state index in [-0.39, 0.29) is 6.10 Å². The summed E-state index contributed by atoms with van der Waals surface area (Å²) >= 11 is 5.80. The first-order valence-corrected chi connectivity index (χ1v) is 5.02. The fourth-order valence-corrected chi connectivity index (χ4v) is 1.95. The van der Waals surface area contributed by atoms with Gasteiger partial charge in [0.1, 0.15) is 0 Å². The molecule has 0 amide bonds. The molecule has 1 aromatic carbocycles. The van der Waals surface area contributed by atoms with Crippen LogP contribution < -0.4 is 10.6 Å². The molecule has 1 saturated heterocycles. The zero-order valence-electron chi connectivity index (χ0n) is 7.78. The molecule has 1 heterocycles. The lowest BCUT2D eigenvalue weighted by Crippen LogP contribution is -2.22. The lowest BCUT2D eigenvalue weighted by molar-refractivity contribution is 0.198. The van der Waals surface area contributed by atoms with Crippen molar-refractivity contribution >= 4 is 23.0 Å². The van der Waals surface area contributed by atoms with Gasteiger partial charge in [-0.05, 0) is 24.6 Å². The quantitative estimate of drug-likeness (QED) is 0.694. The average molecular weight is 213 g/mol. The highest BCUT2D eigenvalue weighted by atomic mass is 35.5. The standard InChI is InChI=1S/C10H13ClN2O/c11-7-1-2-10(9(12)5-7)13-4-3-8(14)6-13/h1-2,5,8,14H,3-4,6,12H2/t8-/m0/s1. The lowest BCUT2D eigenvalue weighted by Gasteiger charge is -2.19. The number of β-amino-alcohol motifs (C(OH)–C–C–N with tert-alkyl or cyclic N) is 1. The molecule has 76 valence electrons. The minimum Gasteiger partial charge on any atom is -0.397 e. The zero-order chi connectivity index (χ0) is 10.1. The molecule has 0 radical (unpaired) electrons. The Hall–Kier alpha value is -0.930. The molecule has 0 aromatic heterocycles. The molecule has 1 aliphatic heterocycles. The summed E-state index contributed by atoms with van der Waals surface area (Å²) in [5.74, 6) is 0. The number of benzene rings is 1. The number of aliphatic hydroxyl groups is 1. The Balaban J connectivity index is 2.24. The van der Waals surface area contributed by atoms with Crippen LogP contribution in [0.1, 0.15) is 6.42 Å². The molecule has 0 spiro atoms. The first-order chi connectivity index (χ1) is 6.66. The fraction of sp³-hybridized carbons (Fsp3) is 0.400. The summed E-state index contributed by atoms with van der Waals surface area (Å²) in [7, 11) is 0. The molecule has 14 heavy (non-hydrogen) atoms. The number of rotatable bonds is 1. The Labute approximate surface area is 88.1 Å². The third-order valence-corrected chi connectivity index (χ3v) is 2.73. The van der Waals surface area contributed by atoms with E-state index in [0.29, 0.717) is 17.3 Å². The van der Waals surface area contributed by atoms with Crippen LogP contribution in [0.5, 0.6) is 0 Å². The third-order valence-electron chi connectivity index (χ3n) is 2.49. The van der Waals surface area contributed by atoms with Gasteiger partial charge >= 0.3 is 0 Å². The summed E-state index contributed by atoms with van der Waals surface area (Å²) < 4.78 is 0. The second kappa shape index (κ2) is 3.67. The predicted octanol–water partition coefficient (Wildman–Crippen LogP) is 1.49.